The summed E-state index contributed by atoms with van der Waals surface area (Å²) in [5, 5.41) is 10.2. The van der Waals surface area contributed by atoms with E-state index in [0.29, 0.717) is 43.5 Å². The molecule has 8 heteroatoms. The van der Waals surface area contributed by atoms with Crippen molar-refractivity contribution in [3.05, 3.63) is 40.2 Å². The van der Waals surface area contributed by atoms with E-state index in [2.05, 4.69) is 0 Å². The molecule has 1 N–H and O–H groups in total. The van der Waals surface area contributed by atoms with Crippen molar-refractivity contribution in [2.24, 2.45) is 0 Å². The maximum absolute atomic E-state index is 12.8. The Morgan fingerprint density at radius 3 is 2.69 bits per heavy atom. The van der Waals surface area contributed by atoms with Crippen LogP contribution in [0.15, 0.2) is 33.5 Å². The van der Waals surface area contributed by atoms with Gasteiger partial charge in [0, 0.05) is 36.7 Å². The van der Waals surface area contributed by atoms with Gasteiger partial charge in [0.25, 0.3) is 0 Å². The summed E-state index contributed by atoms with van der Waals surface area (Å²) in [4.78, 5) is 40.3. The number of hydrogen-bond acceptors (Lipinski definition) is 6. The molecule has 1 atom stereocenters. The zero-order valence-corrected chi connectivity index (χ0v) is 16.3. The Morgan fingerprint density at radius 2 is 1.97 bits per heavy atom. The third-order valence-corrected chi connectivity index (χ3v) is 5.84. The number of aromatic hydroxyl groups is 1. The summed E-state index contributed by atoms with van der Waals surface area (Å²) in [6.07, 6.45) is 2.10. The highest BCUT2D eigenvalue weighted by molar-refractivity contribution is 5.87. The second-order valence-electron chi connectivity index (χ2n) is 7.61. The summed E-state index contributed by atoms with van der Waals surface area (Å²) in [7, 11) is 0. The number of hydrogen-bond donors (Lipinski definition) is 1. The zero-order valence-electron chi connectivity index (χ0n) is 16.3. The van der Waals surface area contributed by atoms with Crippen LogP contribution < -0.4 is 5.63 Å². The molecule has 29 heavy (non-hydrogen) atoms. The molecule has 2 aliphatic heterocycles. The highest BCUT2D eigenvalue weighted by atomic mass is 16.6. The molecule has 2 saturated heterocycles. The number of cyclic esters (lactones) is 1. The van der Waals surface area contributed by atoms with E-state index in [0.717, 1.165) is 6.42 Å². The van der Waals surface area contributed by atoms with E-state index < -0.39 is 5.63 Å². The molecule has 1 aromatic carbocycles. The van der Waals surface area contributed by atoms with Crippen molar-refractivity contribution < 1.29 is 23.8 Å². The Labute approximate surface area is 167 Å². The molecular weight excluding hydrogens is 376 g/mol. The number of carbonyl (C=O) groups excluding carboxylic acids is 2. The van der Waals surface area contributed by atoms with Gasteiger partial charge in [-0.25, -0.2) is 9.59 Å². The molecule has 2 aliphatic rings. The number of fused-ring (bicyclic) bond motifs is 1. The van der Waals surface area contributed by atoms with Gasteiger partial charge >= 0.3 is 11.7 Å². The lowest BCUT2D eigenvalue weighted by molar-refractivity contribution is -0.131. The lowest BCUT2D eigenvalue weighted by atomic mass is 10.00. The number of ether oxygens (including phenoxy) is 1. The number of nitrogens with zero attached hydrogens (tertiary/aromatic N) is 2. The fourth-order valence-electron chi connectivity index (χ4n) is 4.27. The van der Waals surface area contributed by atoms with Crippen LogP contribution in [-0.2, 0) is 16.0 Å². The van der Waals surface area contributed by atoms with E-state index in [-0.39, 0.29) is 41.8 Å². The highest BCUT2D eigenvalue weighted by Gasteiger charge is 2.38. The summed E-state index contributed by atoms with van der Waals surface area (Å²) in [6.45, 7) is 3.60. The number of piperidine rings is 1. The van der Waals surface area contributed by atoms with Gasteiger partial charge in [0.05, 0.1) is 12.5 Å². The Morgan fingerprint density at radius 1 is 1.21 bits per heavy atom. The molecule has 0 saturated carbocycles. The number of likely N-dealkylation sites (tertiary alicyclic amines) is 1. The van der Waals surface area contributed by atoms with Crippen molar-refractivity contribution in [2.75, 3.05) is 19.7 Å². The molecule has 2 fully saturated rings. The van der Waals surface area contributed by atoms with E-state index in [9.17, 15) is 19.5 Å². The van der Waals surface area contributed by atoms with Gasteiger partial charge in [-0.1, -0.05) is 6.92 Å². The average molecular weight is 400 g/mol. The summed E-state index contributed by atoms with van der Waals surface area (Å²) in [5.41, 5.74) is 0.289. The van der Waals surface area contributed by atoms with E-state index in [1.807, 2.05) is 11.8 Å². The lowest BCUT2D eigenvalue weighted by Crippen LogP contribution is -2.49. The Balaban J connectivity index is 1.44. The van der Waals surface area contributed by atoms with Gasteiger partial charge in [-0.2, -0.15) is 0 Å². The minimum atomic E-state index is -0.553. The fraction of sp³-hybridized carbons (Fsp3) is 0.476. The summed E-state index contributed by atoms with van der Waals surface area (Å²) < 4.78 is 10.3. The Bertz CT molecular complexity index is 992. The minimum Gasteiger partial charge on any atom is -0.508 e. The largest absolute Gasteiger partial charge is 0.508 e. The van der Waals surface area contributed by atoms with Gasteiger partial charge in [0.1, 0.15) is 17.9 Å². The molecule has 154 valence electrons. The number of phenols is 1. The van der Waals surface area contributed by atoms with Crippen molar-refractivity contribution in [1.29, 1.82) is 0 Å². The molecule has 0 aliphatic carbocycles. The zero-order chi connectivity index (χ0) is 20.5. The van der Waals surface area contributed by atoms with E-state index in [1.54, 1.807) is 11.0 Å². The summed E-state index contributed by atoms with van der Waals surface area (Å²) in [5.74, 6) is -0.0727. The first-order chi connectivity index (χ1) is 14.0. The van der Waals surface area contributed by atoms with Crippen molar-refractivity contribution in [1.82, 2.24) is 9.80 Å². The molecule has 1 aromatic heterocycles. The maximum atomic E-state index is 12.8. The van der Waals surface area contributed by atoms with E-state index >= 15 is 0 Å². The van der Waals surface area contributed by atoms with Gasteiger partial charge in [0.15, 0.2) is 0 Å². The van der Waals surface area contributed by atoms with Crippen molar-refractivity contribution in [3.8, 4) is 5.75 Å². The highest BCUT2D eigenvalue weighted by Crippen LogP contribution is 2.26. The predicted octanol–water partition coefficient (Wildman–Crippen LogP) is 2.26. The van der Waals surface area contributed by atoms with E-state index in [4.69, 9.17) is 9.15 Å². The van der Waals surface area contributed by atoms with Gasteiger partial charge in [0.2, 0.25) is 5.91 Å². The SMILES string of the molecule is CCC1COC(=O)N1C1CCN(C(=O)Cc2cc(=O)oc3cc(O)ccc23)CC1. The molecule has 3 heterocycles. The fourth-order valence-corrected chi connectivity index (χ4v) is 4.27. The minimum absolute atomic E-state index is 0.00276. The molecule has 8 nitrogen and oxygen atoms in total. The first-order valence-electron chi connectivity index (χ1n) is 9.95. The maximum Gasteiger partial charge on any atom is 0.410 e. The lowest BCUT2D eigenvalue weighted by Gasteiger charge is -2.37. The van der Waals surface area contributed by atoms with Crippen molar-refractivity contribution in [3.63, 3.8) is 0 Å². The summed E-state index contributed by atoms with van der Waals surface area (Å²) >= 11 is 0. The molecule has 0 radical (unpaired) electrons. The third kappa shape index (κ3) is 3.79. The van der Waals surface area contributed by atoms with Gasteiger partial charge in [-0.3, -0.25) is 9.69 Å². The second kappa shape index (κ2) is 7.77. The number of phenolic OH excluding ortho intramolecular Hbond substituents is 1. The van der Waals surface area contributed by atoms with Crippen LogP contribution in [-0.4, -0.2) is 58.7 Å². The van der Waals surface area contributed by atoms with Gasteiger partial charge < -0.3 is 19.2 Å². The number of amides is 2. The first kappa shape index (κ1) is 19.3. The van der Waals surface area contributed by atoms with Crippen LogP contribution in [0.5, 0.6) is 5.75 Å². The molecular formula is C21H24N2O6. The summed E-state index contributed by atoms with van der Waals surface area (Å²) in [6, 6.07) is 6.05. The molecule has 2 amide bonds. The predicted molar refractivity (Wildman–Crippen MR) is 105 cm³/mol. The molecule has 1 unspecified atom stereocenters. The standard InChI is InChI=1S/C21H24N2O6/c1-2-14-12-28-21(27)23(14)15-5-7-22(8-6-15)19(25)9-13-10-20(26)29-18-11-16(24)3-4-17(13)18/h3-4,10-11,14-15,24H,2,5-9,12H2,1H3. The molecule has 4 rings (SSSR count). The normalized spacial score (nSPS) is 20.3. The third-order valence-electron chi connectivity index (χ3n) is 5.84. The Hall–Kier alpha value is -3.03. The molecule has 0 spiro atoms. The Kier molecular flexibility index (Phi) is 5.17. The van der Waals surface area contributed by atoms with Crippen LogP contribution in [0.4, 0.5) is 4.79 Å². The average Bonchev–Trinajstić information content (AvgIpc) is 3.08. The number of rotatable bonds is 4. The van der Waals surface area contributed by atoms with Crippen LogP contribution in [0.3, 0.4) is 0 Å². The van der Waals surface area contributed by atoms with Crippen LogP contribution >= 0.6 is 0 Å². The van der Waals surface area contributed by atoms with Crippen LogP contribution in [0.25, 0.3) is 11.0 Å². The monoisotopic (exact) mass is 400 g/mol. The van der Waals surface area contributed by atoms with Crippen LogP contribution in [0, 0.1) is 0 Å². The number of benzene rings is 1. The van der Waals surface area contributed by atoms with Gasteiger partial charge in [-0.15, -0.1) is 0 Å². The van der Waals surface area contributed by atoms with Gasteiger partial charge in [-0.05, 0) is 37.0 Å². The topological polar surface area (TPSA) is 100 Å². The quantitative estimate of drug-likeness (QED) is 0.790. The van der Waals surface area contributed by atoms with Crippen LogP contribution in [0.1, 0.15) is 31.7 Å². The smallest absolute Gasteiger partial charge is 0.410 e. The van der Waals surface area contributed by atoms with E-state index in [1.165, 1.54) is 18.2 Å². The molecule has 2 aromatic rings. The van der Waals surface area contributed by atoms with Crippen LogP contribution in [0.2, 0.25) is 0 Å². The second-order valence-corrected chi connectivity index (χ2v) is 7.61. The molecule has 0 bridgehead atoms. The first-order valence-corrected chi connectivity index (χ1v) is 9.95. The van der Waals surface area contributed by atoms with Crippen molar-refractivity contribution >= 4 is 23.0 Å². The van der Waals surface area contributed by atoms with Crippen molar-refractivity contribution in [2.45, 2.75) is 44.7 Å². The number of carbonyl (C=O) groups is 2.